The van der Waals surface area contributed by atoms with E-state index in [1.54, 1.807) is 17.6 Å². The summed E-state index contributed by atoms with van der Waals surface area (Å²) in [6, 6.07) is 15.2. The van der Waals surface area contributed by atoms with Gasteiger partial charge in [0.15, 0.2) is 0 Å². The van der Waals surface area contributed by atoms with Gasteiger partial charge in [-0.3, -0.25) is 4.79 Å². The van der Waals surface area contributed by atoms with Crippen molar-refractivity contribution in [3.63, 3.8) is 0 Å². The molecule has 1 atom stereocenters. The van der Waals surface area contributed by atoms with Crippen molar-refractivity contribution in [3.05, 3.63) is 82.3 Å². The third-order valence-corrected chi connectivity index (χ3v) is 6.72. The maximum Gasteiger partial charge on any atom is 0.241 e. The van der Waals surface area contributed by atoms with Crippen molar-refractivity contribution in [2.45, 2.75) is 43.7 Å². The maximum atomic E-state index is 12.9. The van der Waals surface area contributed by atoms with Crippen LogP contribution < -0.4 is 10.0 Å². The summed E-state index contributed by atoms with van der Waals surface area (Å²) >= 11 is 1.44. The van der Waals surface area contributed by atoms with Gasteiger partial charge in [-0.1, -0.05) is 55.8 Å². The largest absolute Gasteiger partial charge is 0.349 e. The monoisotopic (exact) mass is 443 g/mol. The van der Waals surface area contributed by atoms with Crippen LogP contribution in [-0.2, 0) is 34.2 Å². The topological polar surface area (TPSA) is 88.2 Å². The average molecular weight is 444 g/mol. The molecule has 3 aromatic rings. The summed E-state index contributed by atoms with van der Waals surface area (Å²) in [5, 5.41) is 4.63. The summed E-state index contributed by atoms with van der Waals surface area (Å²) in [4.78, 5) is 17.1. The minimum Gasteiger partial charge on any atom is -0.349 e. The number of nitrogens with zero attached hydrogens (tertiary/aromatic N) is 1. The van der Waals surface area contributed by atoms with Crippen LogP contribution in [0.4, 0.5) is 0 Å². The van der Waals surface area contributed by atoms with E-state index in [4.69, 9.17) is 0 Å². The van der Waals surface area contributed by atoms with E-state index < -0.39 is 22.0 Å². The van der Waals surface area contributed by atoms with Crippen molar-refractivity contribution in [2.24, 2.45) is 0 Å². The first-order chi connectivity index (χ1) is 14.5. The molecule has 2 aromatic carbocycles. The van der Waals surface area contributed by atoms with Crippen LogP contribution >= 0.6 is 11.3 Å². The molecule has 1 aromatic heterocycles. The van der Waals surface area contributed by atoms with Crippen LogP contribution in [-0.4, -0.2) is 25.4 Å². The molecule has 6 nitrogen and oxygen atoms in total. The second-order valence-corrected chi connectivity index (χ2v) is 9.39. The lowest BCUT2D eigenvalue weighted by Gasteiger charge is -2.19. The Morgan fingerprint density at radius 2 is 1.80 bits per heavy atom. The number of aromatic nitrogens is 1. The molecule has 30 heavy (non-hydrogen) atoms. The molecule has 1 amide bonds. The SMILES string of the molecule is CCCc1ccc(S(=O)(=O)N[C@@H](Cc2ccccc2)C(=O)NCc2cscn2)cc1. The summed E-state index contributed by atoms with van der Waals surface area (Å²) in [6.07, 6.45) is 2.13. The molecule has 1 heterocycles. The minimum absolute atomic E-state index is 0.146. The molecule has 8 heteroatoms. The number of thiazole rings is 1. The van der Waals surface area contributed by atoms with Crippen LogP contribution in [0, 0.1) is 0 Å². The fraction of sp³-hybridized carbons (Fsp3) is 0.273. The van der Waals surface area contributed by atoms with Crippen molar-refractivity contribution in [1.29, 1.82) is 0 Å². The molecule has 0 bridgehead atoms. The molecular weight excluding hydrogens is 418 g/mol. The summed E-state index contributed by atoms with van der Waals surface area (Å²) in [7, 11) is -3.85. The zero-order valence-electron chi connectivity index (χ0n) is 16.7. The van der Waals surface area contributed by atoms with E-state index in [1.165, 1.54) is 11.3 Å². The third-order valence-electron chi connectivity index (χ3n) is 4.60. The summed E-state index contributed by atoms with van der Waals surface area (Å²) in [5.41, 5.74) is 4.38. The van der Waals surface area contributed by atoms with E-state index in [-0.39, 0.29) is 17.9 Å². The highest BCUT2D eigenvalue weighted by Gasteiger charge is 2.26. The number of hydrogen-bond acceptors (Lipinski definition) is 5. The molecule has 3 rings (SSSR count). The third kappa shape index (κ3) is 6.22. The van der Waals surface area contributed by atoms with Crippen LogP contribution in [0.1, 0.15) is 30.2 Å². The number of amides is 1. The van der Waals surface area contributed by atoms with Crippen molar-refractivity contribution in [2.75, 3.05) is 0 Å². The normalized spacial score (nSPS) is 12.4. The van der Waals surface area contributed by atoms with Crippen LogP contribution in [0.2, 0.25) is 0 Å². The Balaban J connectivity index is 1.76. The van der Waals surface area contributed by atoms with Gasteiger partial charge in [-0.25, -0.2) is 13.4 Å². The number of hydrogen-bond donors (Lipinski definition) is 2. The first-order valence-electron chi connectivity index (χ1n) is 9.78. The zero-order chi connectivity index (χ0) is 21.4. The Hall–Kier alpha value is -2.55. The Morgan fingerprint density at radius 1 is 1.07 bits per heavy atom. The van der Waals surface area contributed by atoms with Crippen LogP contribution in [0.5, 0.6) is 0 Å². The number of sulfonamides is 1. The van der Waals surface area contributed by atoms with Gasteiger partial charge in [-0.15, -0.1) is 11.3 Å². The lowest BCUT2D eigenvalue weighted by Crippen LogP contribution is -2.47. The number of carbonyl (C=O) groups is 1. The van der Waals surface area contributed by atoms with Gasteiger partial charge in [0.25, 0.3) is 0 Å². The molecule has 0 saturated heterocycles. The van der Waals surface area contributed by atoms with Gasteiger partial charge < -0.3 is 5.32 Å². The predicted octanol–water partition coefficient (Wildman–Crippen LogP) is 3.30. The van der Waals surface area contributed by atoms with Crippen molar-refractivity contribution >= 4 is 27.3 Å². The summed E-state index contributed by atoms with van der Waals surface area (Å²) in [5.74, 6) is -0.391. The number of nitrogens with one attached hydrogen (secondary N) is 2. The molecule has 158 valence electrons. The zero-order valence-corrected chi connectivity index (χ0v) is 18.4. The van der Waals surface area contributed by atoms with E-state index in [0.29, 0.717) is 0 Å². The molecular formula is C22H25N3O3S2. The Kier molecular flexibility index (Phi) is 7.73. The fourth-order valence-electron chi connectivity index (χ4n) is 3.04. The molecule has 0 radical (unpaired) electrons. The van der Waals surface area contributed by atoms with E-state index in [9.17, 15) is 13.2 Å². The fourth-order valence-corrected chi connectivity index (χ4v) is 4.80. The van der Waals surface area contributed by atoms with Crippen LogP contribution in [0.25, 0.3) is 0 Å². The number of carbonyl (C=O) groups excluding carboxylic acids is 1. The van der Waals surface area contributed by atoms with Gasteiger partial charge in [0.2, 0.25) is 15.9 Å². The van der Waals surface area contributed by atoms with Crippen molar-refractivity contribution in [1.82, 2.24) is 15.0 Å². The number of aryl methyl sites for hydroxylation is 1. The Labute approximate surface area is 181 Å². The second-order valence-electron chi connectivity index (χ2n) is 6.96. The molecule has 0 aliphatic heterocycles. The van der Waals surface area contributed by atoms with Gasteiger partial charge in [0.05, 0.1) is 22.6 Å². The standard InChI is InChI=1S/C22H25N3O3S2/c1-2-6-17-9-11-20(12-10-17)30(27,28)25-21(13-18-7-4-3-5-8-18)22(26)23-14-19-15-29-16-24-19/h3-5,7-12,15-16,21,25H,2,6,13-14H2,1H3,(H,23,26)/t21-/m0/s1. The molecule has 0 spiro atoms. The molecule has 0 aliphatic carbocycles. The van der Waals surface area contributed by atoms with Gasteiger partial charge in [0, 0.05) is 5.38 Å². The van der Waals surface area contributed by atoms with E-state index in [2.05, 4.69) is 21.9 Å². The number of benzene rings is 2. The van der Waals surface area contributed by atoms with Gasteiger partial charge in [0.1, 0.15) is 6.04 Å². The predicted molar refractivity (Wildman–Crippen MR) is 119 cm³/mol. The highest BCUT2D eigenvalue weighted by molar-refractivity contribution is 7.89. The quantitative estimate of drug-likeness (QED) is 0.503. The first kappa shape index (κ1) is 22.1. The number of rotatable bonds is 10. The van der Waals surface area contributed by atoms with Gasteiger partial charge in [-0.2, -0.15) is 4.72 Å². The van der Waals surface area contributed by atoms with E-state index in [0.717, 1.165) is 29.7 Å². The molecule has 0 fully saturated rings. The molecule has 0 unspecified atom stereocenters. The maximum absolute atomic E-state index is 12.9. The van der Waals surface area contributed by atoms with Crippen molar-refractivity contribution < 1.29 is 13.2 Å². The first-order valence-corrected chi connectivity index (χ1v) is 12.2. The lowest BCUT2D eigenvalue weighted by atomic mass is 10.1. The van der Waals surface area contributed by atoms with Crippen LogP contribution in [0.15, 0.2) is 70.4 Å². The van der Waals surface area contributed by atoms with E-state index in [1.807, 2.05) is 47.8 Å². The summed E-state index contributed by atoms with van der Waals surface area (Å²) in [6.45, 7) is 2.33. The highest BCUT2D eigenvalue weighted by atomic mass is 32.2. The Morgan fingerprint density at radius 3 is 2.43 bits per heavy atom. The van der Waals surface area contributed by atoms with E-state index >= 15 is 0 Å². The smallest absolute Gasteiger partial charge is 0.241 e. The van der Waals surface area contributed by atoms with Gasteiger partial charge in [-0.05, 0) is 36.1 Å². The molecule has 0 aliphatic rings. The summed E-state index contributed by atoms with van der Waals surface area (Å²) < 4.78 is 28.5. The lowest BCUT2D eigenvalue weighted by molar-refractivity contribution is -0.122. The van der Waals surface area contributed by atoms with Crippen molar-refractivity contribution in [3.8, 4) is 0 Å². The molecule has 2 N–H and O–H groups in total. The second kappa shape index (κ2) is 10.5. The Bertz CT molecular complexity index is 1040. The molecule has 0 saturated carbocycles. The van der Waals surface area contributed by atoms with Crippen LogP contribution in [0.3, 0.4) is 0 Å². The minimum atomic E-state index is -3.85. The van der Waals surface area contributed by atoms with Gasteiger partial charge >= 0.3 is 0 Å². The average Bonchev–Trinajstić information content (AvgIpc) is 3.26. The highest BCUT2D eigenvalue weighted by Crippen LogP contribution is 2.14.